The van der Waals surface area contributed by atoms with Crippen molar-refractivity contribution in [3.8, 4) is 5.75 Å². The minimum atomic E-state index is -4.11. The highest BCUT2D eigenvalue weighted by molar-refractivity contribution is 7.92. The van der Waals surface area contributed by atoms with Crippen LogP contribution in [0.25, 0.3) is 0 Å². The Bertz CT molecular complexity index is 1300. The number of carbonyl (C=O) groups excluding carboxylic acids is 1. The van der Waals surface area contributed by atoms with Crippen molar-refractivity contribution in [3.63, 3.8) is 0 Å². The molecule has 0 bridgehead atoms. The maximum atomic E-state index is 14.1. The molecule has 3 aromatic rings. The molecule has 7 nitrogen and oxygen atoms in total. The number of hydrogen-bond acceptors (Lipinski definition) is 5. The van der Waals surface area contributed by atoms with Gasteiger partial charge in [-0.2, -0.15) is 0 Å². The number of nitrogens with one attached hydrogen (secondary N) is 1. The molecule has 0 aromatic heterocycles. The Morgan fingerprint density at radius 1 is 1.15 bits per heavy atom. The van der Waals surface area contributed by atoms with Crippen LogP contribution >= 0.6 is 11.6 Å². The molecule has 1 atom stereocenters. The average molecular weight is 494 g/mol. The zero-order chi connectivity index (χ0) is 23.8. The quantitative estimate of drug-likeness (QED) is 0.563. The van der Waals surface area contributed by atoms with Crippen molar-refractivity contribution < 1.29 is 26.7 Å². The average Bonchev–Trinajstić information content (AvgIpc) is 2.78. The predicted molar refractivity (Wildman–Crippen MR) is 120 cm³/mol. The highest BCUT2D eigenvalue weighted by Gasteiger charge is 2.34. The second-order valence-electron chi connectivity index (χ2n) is 7.20. The Morgan fingerprint density at radius 3 is 2.55 bits per heavy atom. The highest BCUT2D eigenvalue weighted by Crippen LogP contribution is 2.39. The maximum Gasteiger partial charge on any atom is 0.264 e. The molecule has 0 fully saturated rings. The smallest absolute Gasteiger partial charge is 0.264 e. The maximum absolute atomic E-state index is 14.1. The van der Waals surface area contributed by atoms with Crippen LogP contribution in [0.1, 0.15) is 10.4 Å². The lowest BCUT2D eigenvalue weighted by molar-refractivity contribution is 0.102. The Hall–Kier alpha value is -3.21. The van der Waals surface area contributed by atoms with Crippen molar-refractivity contribution in [2.45, 2.75) is 11.0 Å². The van der Waals surface area contributed by atoms with Gasteiger partial charge in [0.2, 0.25) is 0 Å². The summed E-state index contributed by atoms with van der Waals surface area (Å²) in [5.41, 5.74) is 5.70. The van der Waals surface area contributed by atoms with Crippen LogP contribution in [0.4, 0.5) is 20.2 Å². The number of benzene rings is 3. The number of sulfonamides is 1. The molecule has 172 valence electrons. The third-order valence-electron chi connectivity index (χ3n) is 5.00. The van der Waals surface area contributed by atoms with Gasteiger partial charge in [0.25, 0.3) is 15.9 Å². The number of anilines is 2. The molecule has 4 rings (SSSR count). The predicted octanol–water partition coefficient (Wildman–Crippen LogP) is 3.79. The van der Waals surface area contributed by atoms with Crippen molar-refractivity contribution in [1.82, 2.24) is 0 Å². The number of amides is 1. The monoisotopic (exact) mass is 493 g/mol. The number of nitrogens with two attached hydrogens (primary N) is 1. The molecule has 3 N–H and O–H groups in total. The molecule has 33 heavy (non-hydrogen) atoms. The van der Waals surface area contributed by atoms with Crippen molar-refractivity contribution in [1.29, 1.82) is 0 Å². The normalized spacial score (nSPS) is 15.5. The second kappa shape index (κ2) is 8.97. The van der Waals surface area contributed by atoms with Gasteiger partial charge >= 0.3 is 0 Å². The number of fused-ring (bicyclic) bond motifs is 1. The number of halogens is 3. The molecule has 3 aromatic carbocycles. The van der Waals surface area contributed by atoms with Gasteiger partial charge in [0, 0.05) is 12.2 Å². The highest BCUT2D eigenvalue weighted by atomic mass is 35.5. The van der Waals surface area contributed by atoms with E-state index in [0.29, 0.717) is 0 Å². The van der Waals surface area contributed by atoms with E-state index in [1.165, 1.54) is 30.3 Å². The first-order valence-electron chi connectivity index (χ1n) is 9.75. The summed E-state index contributed by atoms with van der Waals surface area (Å²) in [5, 5.41) is 2.45. The first-order chi connectivity index (χ1) is 15.7. The van der Waals surface area contributed by atoms with E-state index >= 15 is 0 Å². The molecule has 0 spiro atoms. The van der Waals surface area contributed by atoms with Gasteiger partial charge in [-0.15, -0.1) is 0 Å². The summed E-state index contributed by atoms with van der Waals surface area (Å²) in [6.45, 7) is -0.0428. The number of nitrogens with zero attached hydrogens (tertiary/aromatic N) is 1. The summed E-state index contributed by atoms with van der Waals surface area (Å²) in [6, 6.07) is 12.6. The van der Waals surface area contributed by atoms with E-state index in [9.17, 15) is 22.0 Å². The number of hydrogen-bond donors (Lipinski definition) is 2. The molecule has 1 aliphatic rings. The molecule has 0 saturated heterocycles. The Balaban J connectivity index is 1.72. The minimum Gasteiger partial charge on any atom is -0.485 e. The zero-order valence-corrected chi connectivity index (χ0v) is 18.5. The first-order valence-corrected chi connectivity index (χ1v) is 11.6. The number of rotatable bonds is 5. The molecule has 1 heterocycles. The lowest BCUT2D eigenvalue weighted by atomic mass is 10.1. The zero-order valence-electron chi connectivity index (χ0n) is 17.0. The van der Waals surface area contributed by atoms with Crippen LogP contribution in [0.5, 0.6) is 5.75 Å². The fraction of sp³-hybridized carbons (Fsp3) is 0.136. The van der Waals surface area contributed by atoms with Crippen molar-refractivity contribution in [2.75, 3.05) is 22.7 Å². The molecule has 1 unspecified atom stereocenters. The van der Waals surface area contributed by atoms with E-state index < -0.39 is 33.7 Å². The largest absolute Gasteiger partial charge is 0.485 e. The van der Waals surface area contributed by atoms with Crippen LogP contribution in [-0.4, -0.2) is 33.5 Å². The van der Waals surface area contributed by atoms with Gasteiger partial charge < -0.3 is 15.8 Å². The van der Waals surface area contributed by atoms with E-state index in [4.69, 9.17) is 22.1 Å². The number of ether oxygens (including phenoxy) is 1. The van der Waals surface area contributed by atoms with Crippen molar-refractivity contribution in [3.05, 3.63) is 82.9 Å². The summed E-state index contributed by atoms with van der Waals surface area (Å²) in [5.74, 6) is -1.95. The van der Waals surface area contributed by atoms with Crippen molar-refractivity contribution >= 4 is 38.9 Å². The van der Waals surface area contributed by atoms with Crippen LogP contribution in [0.15, 0.2) is 65.6 Å². The van der Waals surface area contributed by atoms with E-state index in [1.54, 1.807) is 0 Å². The van der Waals surface area contributed by atoms with Gasteiger partial charge in [0.05, 0.1) is 27.7 Å². The summed E-state index contributed by atoms with van der Waals surface area (Å²) >= 11 is 5.95. The van der Waals surface area contributed by atoms with E-state index in [2.05, 4.69) is 5.32 Å². The molecule has 11 heteroatoms. The molecular formula is C22H18ClF2N3O4S. The van der Waals surface area contributed by atoms with Crippen LogP contribution in [-0.2, 0) is 10.0 Å². The van der Waals surface area contributed by atoms with Crippen LogP contribution in [0, 0.1) is 11.6 Å². The fourth-order valence-corrected chi connectivity index (χ4v) is 5.13. The summed E-state index contributed by atoms with van der Waals surface area (Å²) in [7, 11) is -4.11. The molecular weight excluding hydrogens is 476 g/mol. The van der Waals surface area contributed by atoms with Crippen LogP contribution in [0.2, 0.25) is 5.02 Å². The second-order valence-corrected chi connectivity index (χ2v) is 9.47. The van der Waals surface area contributed by atoms with Gasteiger partial charge in [0.15, 0.2) is 0 Å². The lowest BCUT2D eigenvalue weighted by Crippen LogP contribution is -2.46. The lowest BCUT2D eigenvalue weighted by Gasteiger charge is -2.35. The topological polar surface area (TPSA) is 102 Å². The third-order valence-corrected chi connectivity index (χ3v) is 7.11. The molecule has 1 aliphatic heterocycles. The summed E-state index contributed by atoms with van der Waals surface area (Å²) in [6.07, 6.45) is -0.620. The van der Waals surface area contributed by atoms with Gasteiger partial charge in [0.1, 0.15) is 23.5 Å². The van der Waals surface area contributed by atoms with Gasteiger partial charge in [-0.05, 0) is 54.6 Å². The molecule has 0 saturated carbocycles. The van der Waals surface area contributed by atoms with E-state index in [0.717, 1.165) is 34.6 Å². The first kappa shape index (κ1) is 23.0. The van der Waals surface area contributed by atoms with Crippen molar-refractivity contribution in [2.24, 2.45) is 5.73 Å². The van der Waals surface area contributed by atoms with Crippen LogP contribution < -0.4 is 20.1 Å². The van der Waals surface area contributed by atoms with Crippen LogP contribution in [0.3, 0.4) is 0 Å². The Morgan fingerprint density at radius 2 is 1.88 bits per heavy atom. The van der Waals surface area contributed by atoms with Gasteiger partial charge in [-0.25, -0.2) is 17.2 Å². The molecule has 0 radical (unpaired) electrons. The Labute approximate surface area is 193 Å². The standard InChI is InChI=1S/C22H18ClF2N3O4S/c23-17-2-1-3-18(25)21(17)22(29)27-14-6-9-20-19(10-14)28(12-15(11-26)32-20)33(30,31)16-7-4-13(24)5-8-16/h1-10,15H,11-12,26H2,(H,27,29). The fourth-order valence-electron chi connectivity index (χ4n) is 3.38. The van der Waals surface area contributed by atoms with Gasteiger partial charge in [-0.1, -0.05) is 17.7 Å². The summed E-state index contributed by atoms with van der Waals surface area (Å²) < 4.78 is 60.9. The molecule has 0 aliphatic carbocycles. The van der Waals surface area contributed by atoms with E-state index in [1.807, 2.05) is 0 Å². The SMILES string of the molecule is NCC1CN(S(=O)(=O)c2ccc(F)cc2)c2cc(NC(=O)c3c(F)cccc3Cl)ccc2O1. The summed E-state index contributed by atoms with van der Waals surface area (Å²) in [4.78, 5) is 12.5. The minimum absolute atomic E-state index is 0.0547. The Kier molecular flexibility index (Phi) is 6.24. The van der Waals surface area contributed by atoms with E-state index in [-0.39, 0.29) is 45.7 Å². The van der Waals surface area contributed by atoms with Gasteiger partial charge in [-0.3, -0.25) is 9.10 Å². The molecule has 1 amide bonds. The third kappa shape index (κ3) is 4.50. The number of carbonyl (C=O) groups is 1.